The molecule has 0 bridgehead atoms. The van der Waals surface area contributed by atoms with Gasteiger partial charge in [0.1, 0.15) is 25.0 Å². The summed E-state index contributed by atoms with van der Waals surface area (Å²) in [6.45, 7) is 1.26. The van der Waals surface area contributed by atoms with Gasteiger partial charge in [-0.1, -0.05) is 0 Å². The van der Waals surface area contributed by atoms with Gasteiger partial charge >= 0.3 is 0 Å². The van der Waals surface area contributed by atoms with E-state index in [9.17, 15) is 10.2 Å². The molecule has 1 aliphatic heterocycles. The van der Waals surface area contributed by atoms with E-state index in [0.717, 1.165) is 9.79 Å². The van der Waals surface area contributed by atoms with Gasteiger partial charge in [-0.2, -0.15) is 0 Å². The fourth-order valence-electron chi connectivity index (χ4n) is 2.00. The number of ether oxygens (including phenoxy) is 2. The van der Waals surface area contributed by atoms with E-state index in [1.165, 1.54) is 0 Å². The van der Waals surface area contributed by atoms with Crippen molar-refractivity contribution in [2.75, 3.05) is 20.1 Å². The summed E-state index contributed by atoms with van der Waals surface area (Å²) in [7, 11) is 0. The number of aromatic hydroxyl groups is 2. The van der Waals surface area contributed by atoms with Crippen LogP contribution >= 0.6 is 23.7 Å². The number of hydrogen-bond acceptors (Lipinski definition) is 7. The Morgan fingerprint density at radius 2 is 1.48 bits per heavy atom. The maximum Gasteiger partial charge on any atom is 0.148 e. The summed E-state index contributed by atoms with van der Waals surface area (Å²) in [5.41, 5.74) is 0. The van der Waals surface area contributed by atoms with E-state index < -0.39 is 0 Å². The number of phenols is 2. The molecule has 0 aliphatic carbocycles. The lowest BCUT2D eigenvalue weighted by Gasteiger charge is -2.26. The van der Waals surface area contributed by atoms with Crippen LogP contribution in [-0.4, -0.2) is 40.0 Å². The zero-order valence-electron chi connectivity index (χ0n) is 12.3. The maximum atomic E-state index is 9.39. The highest BCUT2D eigenvalue weighted by Gasteiger charge is 2.24. The summed E-state index contributed by atoms with van der Waals surface area (Å²) in [5, 5.41) is 18.8. The minimum absolute atomic E-state index is 0.0702. The molecule has 0 amide bonds. The maximum absolute atomic E-state index is 9.39. The van der Waals surface area contributed by atoms with Crippen LogP contribution in [0.4, 0.5) is 0 Å². The molecule has 0 aromatic heterocycles. The molecule has 1 atom stereocenters. The van der Waals surface area contributed by atoms with Gasteiger partial charge in [0, 0.05) is 9.79 Å². The van der Waals surface area contributed by atoms with Gasteiger partial charge in [0.15, 0.2) is 0 Å². The lowest BCUT2D eigenvalue weighted by atomic mass is 10.3. The number of phenolic OH excluding ortho intramolecular Hbond substituents is 2. The second-order valence-corrected chi connectivity index (χ2v) is 7.26. The molecule has 0 radical (unpaired) electrons. The van der Waals surface area contributed by atoms with Crippen molar-refractivity contribution in [2.24, 2.45) is 0 Å². The van der Waals surface area contributed by atoms with Crippen LogP contribution in [0.1, 0.15) is 0 Å². The van der Waals surface area contributed by atoms with Crippen LogP contribution in [0, 0.1) is 0 Å². The molecule has 0 spiro atoms. The summed E-state index contributed by atoms with van der Waals surface area (Å²) in [5.74, 6) is 0.505. The molecular formula is C16H17NO4S2. The predicted molar refractivity (Wildman–Crippen MR) is 90.3 cm³/mol. The Labute approximate surface area is 143 Å². The van der Waals surface area contributed by atoms with Gasteiger partial charge in [-0.3, -0.25) is 0 Å². The first-order valence-electron chi connectivity index (χ1n) is 7.05. The molecule has 1 heterocycles. The van der Waals surface area contributed by atoms with E-state index >= 15 is 0 Å². The zero-order valence-corrected chi connectivity index (χ0v) is 13.9. The first-order valence-corrected chi connectivity index (χ1v) is 8.71. The predicted octanol–water partition coefficient (Wildman–Crippen LogP) is 3.49. The first-order chi connectivity index (χ1) is 11.2. The number of thioether (sulfide) groups is 1. The Morgan fingerprint density at radius 1 is 0.870 bits per heavy atom. The number of hydrogen-bond donors (Lipinski definition) is 2. The van der Waals surface area contributed by atoms with Crippen LogP contribution in [0.25, 0.3) is 0 Å². The third kappa shape index (κ3) is 4.79. The van der Waals surface area contributed by atoms with E-state index in [1.54, 1.807) is 48.0 Å². The minimum Gasteiger partial charge on any atom is -0.508 e. The highest BCUT2D eigenvalue weighted by Crippen LogP contribution is 2.35. The second kappa shape index (κ2) is 7.94. The molecule has 1 unspecified atom stereocenters. The van der Waals surface area contributed by atoms with Gasteiger partial charge < -0.3 is 19.7 Å². The van der Waals surface area contributed by atoms with Gasteiger partial charge in [-0.15, -0.1) is 11.8 Å². The summed E-state index contributed by atoms with van der Waals surface area (Å²) in [6.07, 6.45) is 0. The van der Waals surface area contributed by atoms with Crippen LogP contribution in [0.5, 0.6) is 11.5 Å². The molecule has 23 heavy (non-hydrogen) atoms. The molecule has 122 valence electrons. The van der Waals surface area contributed by atoms with Crippen molar-refractivity contribution in [3.8, 4) is 11.5 Å². The fourth-order valence-corrected chi connectivity index (χ4v) is 4.05. The molecule has 2 aromatic rings. The lowest BCUT2D eigenvalue weighted by Crippen LogP contribution is -2.29. The normalized spacial score (nSPS) is 19.4. The molecule has 2 aromatic carbocycles. The molecule has 1 saturated heterocycles. The Kier molecular flexibility index (Phi) is 5.69. The van der Waals surface area contributed by atoms with Crippen molar-refractivity contribution in [2.45, 2.75) is 15.2 Å². The summed E-state index contributed by atoms with van der Waals surface area (Å²) in [6, 6.07) is 14.2. The largest absolute Gasteiger partial charge is 0.508 e. The average molecular weight is 351 g/mol. The van der Waals surface area contributed by atoms with Gasteiger partial charge in [0.2, 0.25) is 0 Å². The van der Waals surface area contributed by atoms with E-state index in [4.69, 9.17) is 9.47 Å². The zero-order chi connectivity index (χ0) is 16.1. The van der Waals surface area contributed by atoms with E-state index in [1.807, 2.05) is 24.3 Å². The molecule has 5 nitrogen and oxygen atoms in total. The molecule has 1 aliphatic rings. The van der Waals surface area contributed by atoms with Crippen molar-refractivity contribution >= 4 is 23.7 Å². The summed E-state index contributed by atoms with van der Waals surface area (Å²) < 4.78 is 13.1. The highest BCUT2D eigenvalue weighted by molar-refractivity contribution is 8.02. The lowest BCUT2D eigenvalue weighted by molar-refractivity contribution is -0.0391. The minimum atomic E-state index is 0.0702. The quantitative estimate of drug-likeness (QED) is 0.818. The Bertz CT molecular complexity index is 565. The van der Waals surface area contributed by atoms with Gasteiger partial charge in [0.25, 0.3) is 0 Å². The van der Waals surface area contributed by atoms with Gasteiger partial charge in [-0.05, 0) is 60.5 Å². The highest BCUT2D eigenvalue weighted by atomic mass is 32.2. The van der Waals surface area contributed by atoms with Crippen LogP contribution in [0.15, 0.2) is 58.3 Å². The third-order valence-corrected chi connectivity index (χ3v) is 5.55. The summed E-state index contributed by atoms with van der Waals surface area (Å²) >= 11 is 3.22. The Hall–Kier alpha value is -1.38. The van der Waals surface area contributed by atoms with Gasteiger partial charge in [0.05, 0.1) is 12.0 Å². The van der Waals surface area contributed by atoms with E-state index in [0.29, 0.717) is 13.3 Å². The topological polar surface area (TPSA) is 62.2 Å². The standard InChI is InChI=1S/C16H17NO4S2/c18-12-1-5-14(6-2-12)22-16-9-20-11-21-10-17(16)23-15-7-3-13(19)4-8-15/h1-8,16,18-19H,9-11H2. The molecule has 0 saturated carbocycles. The van der Waals surface area contributed by atoms with E-state index in [2.05, 4.69) is 4.31 Å². The molecule has 2 N–H and O–H groups in total. The van der Waals surface area contributed by atoms with Crippen LogP contribution in [0.3, 0.4) is 0 Å². The molecule has 3 rings (SSSR count). The smallest absolute Gasteiger partial charge is 0.148 e. The number of benzene rings is 2. The van der Waals surface area contributed by atoms with Crippen LogP contribution < -0.4 is 0 Å². The van der Waals surface area contributed by atoms with Crippen molar-refractivity contribution in [1.82, 2.24) is 4.31 Å². The van der Waals surface area contributed by atoms with Crippen molar-refractivity contribution in [3.05, 3.63) is 48.5 Å². The Balaban J connectivity index is 1.71. The van der Waals surface area contributed by atoms with Crippen LogP contribution in [0.2, 0.25) is 0 Å². The van der Waals surface area contributed by atoms with Crippen LogP contribution in [-0.2, 0) is 9.47 Å². The average Bonchev–Trinajstić information content (AvgIpc) is 2.77. The van der Waals surface area contributed by atoms with Gasteiger partial charge in [-0.25, -0.2) is 4.31 Å². The van der Waals surface area contributed by atoms with Crippen molar-refractivity contribution in [1.29, 1.82) is 0 Å². The van der Waals surface area contributed by atoms with Crippen molar-refractivity contribution < 1.29 is 19.7 Å². The second-order valence-electron chi connectivity index (χ2n) is 4.89. The van der Waals surface area contributed by atoms with Crippen molar-refractivity contribution in [3.63, 3.8) is 0 Å². The molecule has 1 fully saturated rings. The molecular weight excluding hydrogens is 334 g/mol. The molecule has 7 heteroatoms. The van der Waals surface area contributed by atoms with E-state index in [-0.39, 0.29) is 23.7 Å². The summed E-state index contributed by atoms with van der Waals surface area (Å²) in [4.78, 5) is 2.07. The SMILES string of the molecule is Oc1ccc(SC2COCOCN2Sc2ccc(O)cc2)cc1. The third-order valence-electron chi connectivity index (χ3n) is 3.14. The number of rotatable bonds is 4. The number of nitrogens with zero attached hydrogens (tertiary/aromatic N) is 1. The Morgan fingerprint density at radius 3 is 2.13 bits per heavy atom. The monoisotopic (exact) mass is 351 g/mol. The first kappa shape index (κ1) is 16.5. The fraction of sp³-hybridized carbons (Fsp3) is 0.250.